The van der Waals surface area contributed by atoms with Gasteiger partial charge in [-0.15, -0.1) is 5.10 Å². The van der Waals surface area contributed by atoms with E-state index in [4.69, 9.17) is 10.9 Å². The van der Waals surface area contributed by atoms with Gasteiger partial charge in [-0.1, -0.05) is 5.21 Å². The number of aliphatic hydroxyl groups excluding tert-OH is 1. The summed E-state index contributed by atoms with van der Waals surface area (Å²) in [5, 5.41) is 16.7. The largest absolute Gasteiger partial charge is 0.396 e. The summed E-state index contributed by atoms with van der Waals surface area (Å²) in [5.74, 6) is 5.20. The Balaban J connectivity index is 1.79. The van der Waals surface area contributed by atoms with Crippen molar-refractivity contribution in [3.8, 4) is 0 Å². The molecule has 1 atom stereocenters. The zero-order valence-electron chi connectivity index (χ0n) is 11.5. The molecule has 1 aliphatic heterocycles. The van der Waals surface area contributed by atoms with Gasteiger partial charge in [-0.05, 0) is 31.7 Å². The highest BCUT2D eigenvalue weighted by atomic mass is 16.3. The Bertz CT molecular complexity index is 433. The predicted octanol–water partition coefficient (Wildman–Crippen LogP) is -1.02. The molecule has 4 N–H and O–H groups in total. The number of piperidine rings is 1. The maximum Gasteiger partial charge on any atom is 0.287 e. The second-order valence-electron chi connectivity index (χ2n) is 5.16. The van der Waals surface area contributed by atoms with Crippen molar-refractivity contribution in [2.75, 3.05) is 26.2 Å². The van der Waals surface area contributed by atoms with E-state index in [1.165, 1.54) is 12.8 Å². The van der Waals surface area contributed by atoms with Gasteiger partial charge in [-0.2, -0.15) is 0 Å². The van der Waals surface area contributed by atoms with E-state index in [0.29, 0.717) is 12.5 Å². The summed E-state index contributed by atoms with van der Waals surface area (Å²) in [6.07, 6.45) is 4.84. The molecule has 20 heavy (non-hydrogen) atoms. The lowest BCUT2D eigenvalue weighted by Crippen LogP contribution is -2.37. The highest BCUT2D eigenvalue weighted by Crippen LogP contribution is 2.18. The summed E-state index contributed by atoms with van der Waals surface area (Å²) < 4.78 is 1.65. The SMILES string of the molecule is NNC(=O)c1cn(CCN2CCCC(CCO)C2)nn1. The average Bonchev–Trinajstić information content (AvgIpc) is 2.94. The number of hydrazine groups is 1. The van der Waals surface area contributed by atoms with Gasteiger partial charge in [0.1, 0.15) is 0 Å². The Labute approximate surface area is 117 Å². The number of aromatic nitrogens is 3. The summed E-state index contributed by atoms with van der Waals surface area (Å²) in [7, 11) is 0. The van der Waals surface area contributed by atoms with Crippen molar-refractivity contribution in [3.05, 3.63) is 11.9 Å². The van der Waals surface area contributed by atoms with E-state index < -0.39 is 5.91 Å². The van der Waals surface area contributed by atoms with Crippen molar-refractivity contribution >= 4 is 5.91 Å². The molecule has 1 saturated heterocycles. The highest BCUT2D eigenvalue weighted by Gasteiger charge is 2.19. The molecule has 1 aliphatic rings. The molecule has 8 nitrogen and oxygen atoms in total. The van der Waals surface area contributed by atoms with E-state index in [1.54, 1.807) is 10.9 Å². The van der Waals surface area contributed by atoms with Crippen LogP contribution in [0.1, 0.15) is 29.8 Å². The molecule has 1 unspecified atom stereocenters. The molecule has 112 valence electrons. The third-order valence-corrected chi connectivity index (χ3v) is 3.69. The summed E-state index contributed by atoms with van der Waals surface area (Å²) in [6.45, 7) is 3.92. The van der Waals surface area contributed by atoms with Crippen molar-refractivity contribution in [1.82, 2.24) is 25.3 Å². The van der Waals surface area contributed by atoms with Crippen LogP contribution >= 0.6 is 0 Å². The van der Waals surface area contributed by atoms with Crippen LogP contribution in [0.3, 0.4) is 0 Å². The first-order valence-corrected chi connectivity index (χ1v) is 6.97. The molecule has 1 fully saturated rings. The van der Waals surface area contributed by atoms with Crippen molar-refractivity contribution in [2.45, 2.75) is 25.8 Å². The van der Waals surface area contributed by atoms with Crippen LogP contribution in [0.15, 0.2) is 6.20 Å². The number of nitrogens with two attached hydrogens (primary N) is 1. The zero-order valence-corrected chi connectivity index (χ0v) is 11.5. The molecule has 1 aromatic heterocycles. The van der Waals surface area contributed by atoms with Gasteiger partial charge in [0.25, 0.3) is 5.91 Å². The molecule has 2 heterocycles. The van der Waals surface area contributed by atoms with Gasteiger partial charge in [-0.25, -0.2) is 5.84 Å². The van der Waals surface area contributed by atoms with Crippen LogP contribution in [0.2, 0.25) is 0 Å². The predicted molar refractivity (Wildman–Crippen MR) is 72.5 cm³/mol. The van der Waals surface area contributed by atoms with E-state index >= 15 is 0 Å². The lowest BCUT2D eigenvalue weighted by Gasteiger charge is -2.32. The first kappa shape index (κ1) is 14.9. The molecular weight excluding hydrogens is 260 g/mol. The minimum atomic E-state index is -0.433. The van der Waals surface area contributed by atoms with E-state index in [1.807, 2.05) is 5.43 Å². The van der Waals surface area contributed by atoms with Crippen LogP contribution in [0.25, 0.3) is 0 Å². The molecule has 0 spiro atoms. The first-order valence-electron chi connectivity index (χ1n) is 6.97. The highest BCUT2D eigenvalue weighted by molar-refractivity contribution is 5.91. The molecule has 0 aromatic carbocycles. The fraction of sp³-hybridized carbons (Fsp3) is 0.750. The van der Waals surface area contributed by atoms with Crippen LogP contribution in [0.5, 0.6) is 0 Å². The average molecular weight is 282 g/mol. The van der Waals surface area contributed by atoms with Crippen molar-refractivity contribution in [1.29, 1.82) is 0 Å². The van der Waals surface area contributed by atoms with Crippen molar-refractivity contribution in [3.63, 3.8) is 0 Å². The number of aliphatic hydroxyl groups is 1. The van der Waals surface area contributed by atoms with Crippen LogP contribution in [-0.4, -0.2) is 57.1 Å². The molecule has 0 aliphatic carbocycles. The maximum absolute atomic E-state index is 11.3. The molecule has 1 amide bonds. The number of carbonyl (C=O) groups excluding carboxylic acids is 1. The lowest BCUT2D eigenvalue weighted by molar-refractivity contribution is 0.0948. The Hall–Kier alpha value is -1.51. The summed E-state index contributed by atoms with van der Waals surface area (Å²) >= 11 is 0. The van der Waals surface area contributed by atoms with Gasteiger partial charge in [0.2, 0.25) is 0 Å². The minimum Gasteiger partial charge on any atom is -0.396 e. The molecule has 2 rings (SSSR count). The molecule has 8 heteroatoms. The number of nitrogen functional groups attached to an aromatic ring is 1. The quantitative estimate of drug-likeness (QED) is 0.350. The number of amides is 1. The third kappa shape index (κ3) is 3.99. The van der Waals surface area contributed by atoms with Crippen LogP contribution < -0.4 is 11.3 Å². The van der Waals surface area contributed by atoms with E-state index in [0.717, 1.165) is 26.1 Å². The topological polar surface area (TPSA) is 109 Å². The fourth-order valence-corrected chi connectivity index (χ4v) is 2.60. The van der Waals surface area contributed by atoms with Gasteiger partial charge in [0.15, 0.2) is 5.69 Å². The van der Waals surface area contributed by atoms with E-state index in [-0.39, 0.29) is 12.3 Å². The Morgan fingerprint density at radius 2 is 2.40 bits per heavy atom. The smallest absolute Gasteiger partial charge is 0.287 e. The zero-order chi connectivity index (χ0) is 14.4. The van der Waals surface area contributed by atoms with Crippen LogP contribution in [0, 0.1) is 5.92 Å². The maximum atomic E-state index is 11.3. The normalized spacial score (nSPS) is 20.0. The third-order valence-electron chi connectivity index (χ3n) is 3.69. The van der Waals surface area contributed by atoms with Gasteiger partial charge >= 0.3 is 0 Å². The van der Waals surface area contributed by atoms with Crippen molar-refractivity contribution in [2.24, 2.45) is 11.8 Å². The van der Waals surface area contributed by atoms with Crippen LogP contribution in [-0.2, 0) is 6.54 Å². The molecule has 0 radical (unpaired) electrons. The monoisotopic (exact) mass is 282 g/mol. The Morgan fingerprint density at radius 1 is 1.55 bits per heavy atom. The second kappa shape index (κ2) is 7.32. The van der Waals surface area contributed by atoms with E-state index in [2.05, 4.69) is 15.2 Å². The van der Waals surface area contributed by atoms with Gasteiger partial charge in [-0.3, -0.25) is 14.9 Å². The second-order valence-corrected chi connectivity index (χ2v) is 5.16. The van der Waals surface area contributed by atoms with E-state index in [9.17, 15) is 4.79 Å². The number of carbonyl (C=O) groups is 1. The number of hydrogen-bond acceptors (Lipinski definition) is 6. The molecule has 1 aromatic rings. The van der Waals surface area contributed by atoms with Gasteiger partial charge in [0.05, 0.1) is 12.7 Å². The van der Waals surface area contributed by atoms with Gasteiger partial charge in [0, 0.05) is 19.7 Å². The standard InChI is InChI=1S/C12H22N6O2/c13-14-12(20)11-9-18(16-15-11)6-5-17-4-1-2-10(8-17)3-7-19/h9-10,19H,1-8,13H2,(H,14,20). The van der Waals surface area contributed by atoms with Crippen LogP contribution in [0.4, 0.5) is 0 Å². The molecule has 0 bridgehead atoms. The number of nitrogens with one attached hydrogen (secondary N) is 1. The summed E-state index contributed by atoms with van der Waals surface area (Å²) in [6, 6.07) is 0. The minimum absolute atomic E-state index is 0.226. The molecule has 0 saturated carbocycles. The number of hydrogen-bond donors (Lipinski definition) is 3. The fourth-order valence-electron chi connectivity index (χ4n) is 2.60. The number of likely N-dealkylation sites (tertiary alicyclic amines) is 1. The Morgan fingerprint density at radius 3 is 3.15 bits per heavy atom. The first-order chi connectivity index (χ1) is 9.72. The lowest BCUT2D eigenvalue weighted by atomic mass is 9.95. The number of nitrogens with zero attached hydrogens (tertiary/aromatic N) is 4. The van der Waals surface area contributed by atoms with Crippen molar-refractivity contribution < 1.29 is 9.90 Å². The Kier molecular flexibility index (Phi) is 5.45. The van der Waals surface area contributed by atoms with Gasteiger partial charge < -0.3 is 10.0 Å². The summed E-state index contributed by atoms with van der Waals surface area (Å²) in [4.78, 5) is 13.6. The summed E-state index contributed by atoms with van der Waals surface area (Å²) in [5.41, 5.74) is 2.26. The molecular formula is C12H22N6O2. The number of rotatable bonds is 6.